The van der Waals surface area contributed by atoms with E-state index in [0.29, 0.717) is 16.1 Å². The maximum absolute atomic E-state index is 13.3. The maximum Gasteiger partial charge on any atom is 0.266 e. The van der Waals surface area contributed by atoms with Crippen molar-refractivity contribution in [3.63, 3.8) is 0 Å². The number of carbonyl (C=O) groups excluding carboxylic acids is 1. The minimum absolute atomic E-state index is 0.0659. The molecule has 0 saturated carbocycles. The molecular weight excluding hydrogens is 432 g/mol. The highest BCUT2D eigenvalue weighted by molar-refractivity contribution is 7.99. The van der Waals surface area contributed by atoms with Gasteiger partial charge in [0.15, 0.2) is 5.16 Å². The molecule has 4 rings (SSSR count). The molecule has 0 radical (unpaired) electrons. The Hall–Kier alpha value is -3.97. The first-order valence-corrected chi connectivity index (χ1v) is 11.4. The van der Waals surface area contributed by atoms with Crippen molar-refractivity contribution < 1.29 is 4.79 Å². The standard InChI is InChI=1S/C26H22N4O2S/c1-19-10-5-8-16-23(19)30-25(32)21-14-6-7-15-22(21)28-26(30)33-18-24(31)29-27-17-9-13-20-11-3-2-4-12-20/h2-17H,18H2,1H3,(H,29,31)/b13-9+,27-17-. The van der Waals surface area contributed by atoms with Crippen molar-refractivity contribution in [2.24, 2.45) is 5.10 Å². The average molecular weight is 455 g/mol. The van der Waals surface area contributed by atoms with Crippen molar-refractivity contribution in [3.05, 3.63) is 106 Å². The fourth-order valence-corrected chi connectivity index (χ4v) is 4.07. The number of hydrogen-bond acceptors (Lipinski definition) is 5. The molecule has 164 valence electrons. The lowest BCUT2D eigenvalue weighted by Gasteiger charge is -2.14. The minimum atomic E-state index is -0.289. The largest absolute Gasteiger partial charge is 0.272 e. The van der Waals surface area contributed by atoms with Crippen molar-refractivity contribution in [3.8, 4) is 5.69 Å². The van der Waals surface area contributed by atoms with E-state index in [4.69, 9.17) is 0 Å². The third-order valence-electron chi connectivity index (χ3n) is 4.87. The number of hydrogen-bond donors (Lipinski definition) is 1. The highest BCUT2D eigenvalue weighted by atomic mass is 32.2. The summed E-state index contributed by atoms with van der Waals surface area (Å²) in [6, 6.07) is 24.6. The predicted octanol–water partition coefficient (Wildman–Crippen LogP) is 4.60. The molecule has 1 heterocycles. The lowest BCUT2D eigenvalue weighted by molar-refractivity contribution is -0.118. The molecule has 1 aromatic heterocycles. The first-order chi connectivity index (χ1) is 16.1. The van der Waals surface area contributed by atoms with Gasteiger partial charge >= 0.3 is 0 Å². The Morgan fingerprint density at radius 3 is 2.58 bits per heavy atom. The van der Waals surface area contributed by atoms with E-state index in [2.05, 4.69) is 15.5 Å². The van der Waals surface area contributed by atoms with Gasteiger partial charge in [-0.25, -0.2) is 10.4 Å². The summed E-state index contributed by atoms with van der Waals surface area (Å²) in [4.78, 5) is 30.3. The van der Waals surface area contributed by atoms with E-state index < -0.39 is 0 Å². The van der Waals surface area contributed by atoms with E-state index in [-0.39, 0.29) is 17.2 Å². The second-order valence-corrected chi connectivity index (χ2v) is 8.15. The van der Waals surface area contributed by atoms with Crippen LogP contribution in [0.25, 0.3) is 22.7 Å². The number of aromatic nitrogens is 2. The molecule has 0 fully saturated rings. The third-order valence-corrected chi connectivity index (χ3v) is 5.81. The number of thioether (sulfide) groups is 1. The van der Waals surface area contributed by atoms with Crippen LogP contribution in [0, 0.1) is 6.92 Å². The molecule has 0 unspecified atom stereocenters. The number of aryl methyl sites for hydroxylation is 1. The number of amides is 1. The van der Waals surface area contributed by atoms with Crippen molar-refractivity contribution >= 4 is 40.9 Å². The second-order valence-electron chi connectivity index (χ2n) is 7.21. The zero-order chi connectivity index (χ0) is 23.0. The Labute approximate surface area is 195 Å². The molecule has 0 spiro atoms. The number of nitrogens with one attached hydrogen (secondary N) is 1. The minimum Gasteiger partial charge on any atom is -0.272 e. The van der Waals surface area contributed by atoms with Crippen LogP contribution in [0.2, 0.25) is 0 Å². The zero-order valence-electron chi connectivity index (χ0n) is 18.0. The SMILES string of the molecule is Cc1ccccc1-n1c(SCC(=O)N/N=C\C=C\c2ccccc2)nc2ccccc2c1=O. The Morgan fingerprint density at radius 1 is 1.03 bits per heavy atom. The smallest absolute Gasteiger partial charge is 0.266 e. The number of carbonyl (C=O) groups is 1. The summed E-state index contributed by atoms with van der Waals surface area (Å²) in [5.74, 6) is -0.223. The van der Waals surface area contributed by atoms with E-state index >= 15 is 0 Å². The van der Waals surface area contributed by atoms with Gasteiger partial charge in [-0.05, 0) is 42.3 Å². The van der Waals surface area contributed by atoms with E-state index in [1.807, 2.05) is 79.7 Å². The van der Waals surface area contributed by atoms with Crippen LogP contribution in [-0.2, 0) is 4.79 Å². The fraction of sp³-hybridized carbons (Fsp3) is 0.0769. The zero-order valence-corrected chi connectivity index (χ0v) is 18.8. The molecule has 4 aromatic rings. The van der Waals surface area contributed by atoms with Crippen LogP contribution in [0.5, 0.6) is 0 Å². The van der Waals surface area contributed by atoms with Gasteiger partial charge in [0.1, 0.15) is 0 Å². The van der Waals surface area contributed by atoms with Gasteiger partial charge < -0.3 is 0 Å². The quantitative estimate of drug-likeness (QED) is 0.192. The summed E-state index contributed by atoms with van der Waals surface area (Å²) >= 11 is 1.20. The van der Waals surface area contributed by atoms with Gasteiger partial charge in [0, 0.05) is 6.21 Å². The van der Waals surface area contributed by atoms with Crippen LogP contribution >= 0.6 is 11.8 Å². The summed E-state index contributed by atoms with van der Waals surface area (Å²) in [6.45, 7) is 1.94. The topological polar surface area (TPSA) is 76.3 Å². The molecule has 0 atom stereocenters. The number of rotatable bonds is 7. The van der Waals surface area contributed by atoms with E-state index in [1.54, 1.807) is 22.8 Å². The number of allylic oxidation sites excluding steroid dienone is 1. The van der Waals surface area contributed by atoms with Gasteiger partial charge in [-0.3, -0.25) is 14.2 Å². The molecular formula is C26H22N4O2S. The Kier molecular flexibility index (Phi) is 7.12. The van der Waals surface area contributed by atoms with Crippen LogP contribution in [0.4, 0.5) is 0 Å². The first kappa shape index (κ1) is 22.2. The van der Waals surface area contributed by atoms with E-state index in [0.717, 1.165) is 16.8 Å². The van der Waals surface area contributed by atoms with Crippen LogP contribution in [0.15, 0.2) is 100.0 Å². The lowest BCUT2D eigenvalue weighted by Crippen LogP contribution is -2.24. The molecule has 6 nitrogen and oxygen atoms in total. The van der Waals surface area contributed by atoms with Gasteiger partial charge in [-0.1, -0.05) is 78.5 Å². The predicted molar refractivity (Wildman–Crippen MR) is 135 cm³/mol. The molecule has 3 aromatic carbocycles. The van der Waals surface area contributed by atoms with Crippen LogP contribution in [0.1, 0.15) is 11.1 Å². The molecule has 1 N–H and O–H groups in total. The fourth-order valence-electron chi connectivity index (χ4n) is 3.27. The van der Waals surface area contributed by atoms with Gasteiger partial charge in [-0.2, -0.15) is 5.10 Å². The molecule has 1 amide bonds. The third kappa shape index (κ3) is 5.45. The number of hydrazone groups is 1. The first-order valence-electron chi connectivity index (χ1n) is 10.4. The van der Waals surface area contributed by atoms with Crippen molar-refractivity contribution in [2.75, 3.05) is 5.75 Å². The summed E-state index contributed by atoms with van der Waals surface area (Å²) in [7, 11) is 0. The summed E-state index contributed by atoms with van der Waals surface area (Å²) in [6.07, 6.45) is 5.17. The monoisotopic (exact) mass is 454 g/mol. The number of para-hydroxylation sites is 2. The molecule has 0 aliphatic carbocycles. The summed E-state index contributed by atoms with van der Waals surface area (Å²) in [5.41, 5.74) is 5.67. The summed E-state index contributed by atoms with van der Waals surface area (Å²) < 4.78 is 1.57. The van der Waals surface area contributed by atoms with Crippen LogP contribution < -0.4 is 11.0 Å². The Balaban J connectivity index is 1.51. The van der Waals surface area contributed by atoms with Crippen LogP contribution in [-0.4, -0.2) is 27.4 Å². The van der Waals surface area contributed by atoms with Gasteiger partial charge in [0.25, 0.3) is 11.5 Å². The highest BCUT2D eigenvalue weighted by Gasteiger charge is 2.15. The van der Waals surface area contributed by atoms with Gasteiger partial charge in [0.05, 0.1) is 22.3 Å². The van der Waals surface area contributed by atoms with Crippen molar-refractivity contribution in [2.45, 2.75) is 12.1 Å². The summed E-state index contributed by atoms with van der Waals surface area (Å²) in [5, 5.41) is 4.93. The molecule has 7 heteroatoms. The van der Waals surface area contributed by atoms with E-state index in [1.165, 1.54) is 18.0 Å². The Morgan fingerprint density at radius 2 is 1.76 bits per heavy atom. The van der Waals surface area contributed by atoms with E-state index in [9.17, 15) is 9.59 Å². The normalized spacial score (nSPS) is 11.4. The van der Waals surface area contributed by atoms with Crippen molar-refractivity contribution in [1.82, 2.24) is 15.0 Å². The highest BCUT2D eigenvalue weighted by Crippen LogP contribution is 2.22. The van der Waals surface area contributed by atoms with Gasteiger partial charge in [-0.15, -0.1) is 0 Å². The molecule has 0 saturated heterocycles. The second kappa shape index (κ2) is 10.6. The molecule has 0 bridgehead atoms. The maximum atomic E-state index is 13.3. The molecule has 0 aliphatic heterocycles. The number of nitrogens with zero attached hydrogens (tertiary/aromatic N) is 3. The van der Waals surface area contributed by atoms with Gasteiger partial charge in [0.2, 0.25) is 0 Å². The molecule has 0 aliphatic rings. The molecule has 33 heavy (non-hydrogen) atoms. The Bertz CT molecular complexity index is 1390. The van der Waals surface area contributed by atoms with Crippen LogP contribution in [0.3, 0.4) is 0 Å². The van der Waals surface area contributed by atoms with Crippen molar-refractivity contribution in [1.29, 1.82) is 0 Å². The number of fused-ring (bicyclic) bond motifs is 1. The average Bonchev–Trinajstić information content (AvgIpc) is 2.84. The number of benzene rings is 3. The lowest BCUT2D eigenvalue weighted by atomic mass is 10.2.